The Morgan fingerprint density at radius 2 is 1.80 bits per heavy atom. The van der Waals surface area contributed by atoms with Crippen LogP contribution in [0.5, 0.6) is 0 Å². The Hall–Kier alpha value is -0.900. The van der Waals surface area contributed by atoms with Crippen molar-refractivity contribution in [3.8, 4) is 0 Å². The standard InChI is InChI=1S/C11H18N2OS/c1-6(2)5-8-9(7(3)4)10(14)13-11(15)12-8/h6-7H,5H2,1-4H3,(H2,12,13,14,15). The van der Waals surface area contributed by atoms with Crippen molar-refractivity contribution in [3.63, 3.8) is 0 Å². The predicted octanol–water partition coefficient (Wildman–Crippen LogP) is 2.75. The molecule has 1 aromatic rings. The minimum Gasteiger partial charge on any atom is -0.336 e. The Morgan fingerprint density at radius 1 is 1.20 bits per heavy atom. The van der Waals surface area contributed by atoms with Crippen molar-refractivity contribution in [3.05, 3.63) is 26.4 Å². The number of rotatable bonds is 3. The molecular weight excluding hydrogens is 208 g/mol. The lowest BCUT2D eigenvalue weighted by atomic mass is 9.97. The molecule has 0 saturated heterocycles. The first-order valence-electron chi connectivity index (χ1n) is 5.27. The van der Waals surface area contributed by atoms with Gasteiger partial charge in [0.05, 0.1) is 0 Å². The number of nitrogens with one attached hydrogen (secondary N) is 2. The van der Waals surface area contributed by atoms with Crippen LogP contribution in [0.3, 0.4) is 0 Å². The molecule has 0 atom stereocenters. The molecule has 0 aliphatic rings. The Morgan fingerprint density at radius 3 is 2.27 bits per heavy atom. The van der Waals surface area contributed by atoms with E-state index in [1.807, 2.05) is 13.8 Å². The van der Waals surface area contributed by atoms with Gasteiger partial charge in [-0.2, -0.15) is 0 Å². The van der Waals surface area contributed by atoms with Crippen LogP contribution in [0.15, 0.2) is 4.79 Å². The monoisotopic (exact) mass is 226 g/mol. The van der Waals surface area contributed by atoms with Gasteiger partial charge in [0, 0.05) is 11.3 Å². The molecule has 0 bridgehead atoms. The summed E-state index contributed by atoms with van der Waals surface area (Å²) in [5.74, 6) is 0.726. The molecule has 1 rings (SSSR count). The molecule has 1 aromatic heterocycles. The lowest BCUT2D eigenvalue weighted by molar-refractivity contribution is 0.619. The van der Waals surface area contributed by atoms with Crippen LogP contribution in [0.25, 0.3) is 0 Å². The Kier molecular flexibility index (Phi) is 3.85. The predicted molar refractivity (Wildman–Crippen MR) is 64.9 cm³/mol. The van der Waals surface area contributed by atoms with E-state index in [0.29, 0.717) is 10.7 Å². The van der Waals surface area contributed by atoms with Gasteiger partial charge in [0.1, 0.15) is 0 Å². The third-order valence-electron chi connectivity index (χ3n) is 2.25. The van der Waals surface area contributed by atoms with E-state index in [1.165, 1.54) is 0 Å². The molecule has 0 spiro atoms. The summed E-state index contributed by atoms with van der Waals surface area (Å²) in [6.07, 6.45) is 0.862. The highest BCUT2D eigenvalue weighted by Gasteiger charge is 2.12. The highest BCUT2D eigenvalue weighted by molar-refractivity contribution is 7.71. The summed E-state index contributed by atoms with van der Waals surface area (Å²) >= 11 is 4.97. The van der Waals surface area contributed by atoms with Crippen LogP contribution >= 0.6 is 12.2 Å². The van der Waals surface area contributed by atoms with Gasteiger partial charge in [-0.25, -0.2) is 0 Å². The molecule has 0 amide bonds. The third kappa shape index (κ3) is 3.02. The largest absolute Gasteiger partial charge is 0.336 e. The summed E-state index contributed by atoms with van der Waals surface area (Å²) < 4.78 is 0.417. The zero-order chi connectivity index (χ0) is 11.6. The van der Waals surface area contributed by atoms with Gasteiger partial charge in [0.25, 0.3) is 5.56 Å². The molecule has 0 radical (unpaired) electrons. The number of aromatic nitrogens is 2. The maximum Gasteiger partial charge on any atom is 0.255 e. The maximum absolute atomic E-state index is 11.7. The summed E-state index contributed by atoms with van der Waals surface area (Å²) in [6.45, 7) is 8.29. The van der Waals surface area contributed by atoms with E-state index in [-0.39, 0.29) is 11.5 Å². The van der Waals surface area contributed by atoms with Crippen LogP contribution in [-0.4, -0.2) is 9.97 Å². The first-order chi connectivity index (χ1) is 6.91. The zero-order valence-electron chi connectivity index (χ0n) is 9.68. The van der Waals surface area contributed by atoms with Crippen molar-refractivity contribution in [2.45, 2.75) is 40.0 Å². The molecule has 3 nitrogen and oxygen atoms in total. The van der Waals surface area contributed by atoms with E-state index in [0.717, 1.165) is 17.7 Å². The average Bonchev–Trinajstić information content (AvgIpc) is 1.99. The van der Waals surface area contributed by atoms with E-state index in [9.17, 15) is 4.79 Å². The second-order valence-corrected chi connectivity index (χ2v) is 4.96. The fraction of sp³-hybridized carbons (Fsp3) is 0.636. The van der Waals surface area contributed by atoms with Crippen molar-refractivity contribution in [2.24, 2.45) is 5.92 Å². The van der Waals surface area contributed by atoms with Crippen LogP contribution in [0.2, 0.25) is 0 Å². The van der Waals surface area contributed by atoms with Crippen LogP contribution < -0.4 is 5.56 Å². The SMILES string of the molecule is CC(C)Cc1[nH]c(=S)[nH]c(=O)c1C(C)C. The maximum atomic E-state index is 11.7. The second kappa shape index (κ2) is 4.75. The van der Waals surface area contributed by atoms with E-state index >= 15 is 0 Å². The van der Waals surface area contributed by atoms with Gasteiger partial charge in [-0.1, -0.05) is 27.7 Å². The van der Waals surface area contributed by atoms with Gasteiger partial charge in [-0.05, 0) is 30.5 Å². The Balaban J connectivity index is 3.33. The quantitative estimate of drug-likeness (QED) is 0.779. The van der Waals surface area contributed by atoms with Crippen molar-refractivity contribution in [1.82, 2.24) is 9.97 Å². The fourth-order valence-electron chi connectivity index (χ4n) is 1.72. The van der Waals surface area contributed by atoms with Gasteiger partial charge in [-0.15, -0.1) is 0 Å². The summed E-state index contributed by atoms with van der Waals surface area (Å²) in [5, 5.41) is 0. The topological polar surface area (TPSA) is 48.6 Å². The van der Waals surface area contributed by atoms with Crippen molar-refractivity contribution >= 4 is 12.2 Å². The molecule has 0 unspecified atom stereocenters. The zero-order valence-corrected chi connectivity index (χ0v) is 10.5. The van der Waals surface area contributed by atoms with Gasteiger partial charge in [-0.3, -0.25) is 9.78 Å². The Labute approximate surface area is 94.9 Å². The van der Waals surface area contributed by atoms with Crippen LogP contribution in [0, 0.1) is 10.7 Å². The van der Waals surface area contributed by atoms with E-state index in [4.69, 9.17) is 12.2 Å². The molecule has 4 heteroatoms. The molecule has 0 aliphatic carbocycles. The minimum atomic E-state index is -0.0515. The fourth-order valence-corrected chi connectivity index (χ4v) is 1.94. The van der Waals surface area contributed by atoms with E-state index in [1.54, 1.807) is 0 Å². The molecule has 2 N–H and O–H groups in total. The number of hydrogen-bond donors (Lipinski definition) is 2. The van der Waals surface area contributed by atoms with E-state index < -0.39 is 0 Å². The highest BCUT2D eigenvalue weighted by Crippen LogP contribution is 2.15. The molecular formula is C11H18N2OS. The van der Waals surface area contributed by atoms with Crippen LogP contribution in [0.4, 0.5) is 0 Å². The first kappa shape index (κ1) is 12.2. The van der Waals surface area contributed by atoms with Crippen molar-refractivity contribution in [2.75, 3.05) is 0 Å². The van der Waals surface area contributed by atoms with Crippen LogP contribution in [-0.2, 0) is 6.42 Å². The van der Waals surface area contributed by atoms with Gasteiger partial charge in [0.2, 0.25) is 0 Å². The lowest BCUT2D eigenvalue weighted by Gasteiger charge is -2.12. The molecule has 0 aliphatic heterocycles. The number of aromatic amines is 2. The number of hydrogen-bond acceptors (Lipinski definition) is 2. The third-order valence-corrected chi connectivity index (χ3v) is 2.46. The van der Waals surface area contributed by atoms with Gasteiger partial charge >= 0.3 is 0 Å². The second-order valence-electron chi connectivity index (χ2n) is 4.55. The summed E-state index contributed by atoms with van der Waals surface area (Å²) in [5.41, 5.74) is 1.76. The molecule has 0 saturated carbocycles. The van der Waals surface area contributed by atoms with Gasteiger partial charge in [0.15, 0.2) is 4.77 Å². The summed E-state index contributed by atoms with van der Waals surface area (Å²) in [4.78, 5) is 17.5. The molecule has 84 valence electrons. The molecule has 0 aromatic carbocycles. The van der Waals surface area contributed by atoms with E-state index in [2.05, 4.69) is 23.8 Å². The van der Waals surface area contributed by atoms with Gasteiger partial charge < -0.3 is 4.98 Å². The van der Waals surface area contributed by atoms with Crippen LogP contribution in [0.1, 0.15) is 44.9 Å². The molecule has 0 fully saturated rings. The van der Waals surface area contributed by atoms with Crippen molar-refractivity contribution in [1.29, 1.82) is 0 Å². The highest BCUT2D eigenvalue weighted by atomic mass is 32.1. The number of H-pyrrole nitrogens is 2. The summed E-state index contributed by atoms with van der Waals surface area (Å²) in [7, 11) is 0. The lowest BCUT2D eigenvalue weighted by Crippen LogP contribution is -2.20. The minimum absolute atomic E-state index is 0.0515. The Bertz CT molecular complexity index is 443. The van der Waals surface area contributed by atoms with Crippen molar-refractivity contribution < 1.29 is 0 Å². The first-order valence-corrected chi connectivity index (χ1v) is 5.68. The smallest absolute Gasteiger partial charge is 0.255 e. The normalized spacial score (nSPS) is 11.3. The molecule has 1 heterocycles. The average molecular weight is 226 g/mol. The molecule has 15 heavy (non-hydrogen) atoms. The summed E-state index contributed by atoms with van der Waals surface area (Å²) in [6, 6.07) is 0.